The minimum atomic E-state index is -0.499. The summed E-state index contributed by atoms with van der Waals surface area (Å²) in [5, 5.41) is 9.53. The SMILES string of the molecule is CCc1n[nH]c(=S)n1CC(C)(C)C(=O)NC. The number of H-pyrrole nitrogens is 1. The van der Waals surface area contributed by atoms with Crippen LogP contribution in [0.5, 0.6) is 0 Å². The van der Waals surface area contributed by atoms with E-state index in [4.69, 9.17) is 12.2 Å². The predicted molar refractivity (Wildman–Crippen MR) is 64.6 cm³/mol. The van der Waals surface area contributed by atoms with Crippen molar-refractivity contribution < 1.29 is 4.79 Å². The van der Waals surface area contributed by atoms with Gasteiger partial charge in [-0.05, 0) is 26.1 Å². The summed E-state index contributed by atoms with van der Waals surface area (Å²) in [5.41, 5.74) is -0.499. The molecule has 0 atom stereocenters. The summed E-state index contributed by atoms with van der Waals surface area (Å²) in [6.07, 6.45) is 0.789. The molecule has 0 radical (unpaired) electrons. The topological polar surface area (TPSA) is 62.7 Å². The second kappa shape index (κ2) is 4.78. The third-order valence-corrected chi connectivity index (χ3v) is 2.86. The van der Waals surface area contributed by atoms with Gasteiger partial charge in [0.25, 0.3) is 0 Å². The van der Waals surface area contributed by atoms with Crippen LogP contribution in [0.3, 0.4) is 0 Å². The van der Waals surface area contributed by atoms with Gasteiger partial charge in [-0.1, -0.05) is 6.92 Å². The van der Waals surface area contributed by atoms with Crippen LogP contribution in [0.2, 0.25) is 0 Å². The van der Waals surface area contributed by atoms with Crippen molar-refractivity contribution in [3.05, 3.63) is 10.6 Å². The van der Waals surface area contributed by atoms with Gasteiger partial charge in [0, 0.05) is 20.0 Å². The Bertz CT molecular complexity index is 432. The van der Waals surface area contributed by atoms with Gasteiger partial charge in [0.2, 0.25) is 5.91 Å². The number of aromatic nitrogens is 3. The van der Waals surface area contributed by atoms with E-state index < -0.39 is 5.41 Å². The maximum absolute atomic E-state index is 11.7. The van der Waals surface area contributed by atoms with Crippen molar-refractivity contribution in [2.45, 2.75) is 33.7 Å². The molecule has 1 aromatic heterocycles. The van der Waals surface area contributed by atoms with Gasteiger partial charge in [0.1, 0.15) is 5.82 Å². The van der Waals surface area contributed by atoms with Gasteiger partial charge in [0.05, 0.1) is 5.41 Å². The highest BCUT2D eigenvalue weighted by Gasteiger charge is 2.28. The molecule has 6 heteroatoms. The molecule has 0 aliphatic rings. The number of carbonyl (C=O) groups is 1. The zero-order valence-corrected chi connectivity index (χ0v) is 10.9. The highest BCUT2D eigenvalue weighted by molar-refractivity contribution is 7.71. The molecule has 1 heterocycles. The third-order valence-electron chi connectivity index (χ3n) is 2.55. The molecular weight excluding hydrogens is 224 g/mol. The molecule has 0 unspecified atom stereocenters. The first-order chi connectivity index (χ1) is 7.42. The van der Waals surface area contributed by atoms with Gasteiger partial charge >= 0.3 is 0 Å². The van der Waals surface area contributed by atoms with Gasteiger partial charge in [-0.25, -0.2) is 0 Å². The Balaban J connectivity index is 3.00. The fourth-order valence-electron chi connectivity index (χ4n) is 1.59. The lowest BCUT2D eigenvalue weighted by Crippen LogP contribution is -2.38. The van der Waals surface area contributed by atoms with Crippen LogP contribution in [0.1, 0.15) is 26.6 Å². The summed E-state index contributed by atoms with van der Waals surface area (Å²) >= 11 is 5.14. The quantitative estimate of drug-likeness (QED) is 0.782. The largest absolute Gasteiger partial charge is 0.359 e. The van der Waals surface area contributed by atoms with Crippen molar-refractivity contribution in [3.63, 3.8) is 0 Å². The second-order valence-corrected chi connectivity index (χ2v) is 4.73. The van der Waals surface area contributed by atoms with Crippen molar-refractivity contribution in [3.8, 4) is 0 Å². The summed E-state index contributed by atoms with van der Waals surface area (Å²) in [6, 6.07) is 0. The minimum Gasteiger partial charge on any atom is -0.359 e. The lowest BCUT2D eigenvalue weighted by molar-refractivity contribution is -0.129. The third kappa shape index (κ3) is 2.49. The van der Waals surface area contributed by atoms with E-state index in [1.165, 1.54) is 0 Å². The lowest BCUT2D eigenvalue weighted by atomic mass is 9.92. The van der Waals surface area contributed by atoms with E-state index in [0.29, 0.717) is 11.3 Å². The van der Waals surface area contributed by atoms with Gasteiger partial charge < -0.3 is 9.88 Å². The Kier molecular flexibility index (Phi) is 3.85. The highest BCUT2D eigenvalue weighted by atomic mass is 32.1. The van der Waals surface area contributed by atoms with Gasteiger partial charge in [-0.3, -0.25) is 9.89 Å². The normalized spacial score (nSPS) is 11.5. The fraction of sp³-hybridized carbons (Fsp3) is 0.700. The van der Waals surface area contributed by atoms with E-state index in [1.54, 1.807) is 7.05 Å². The van der Waals surface area contributed by atoms with Crippen LogP contribution in [0.15, 0.2) is 0 Å². The van der Waals surface area contributed by atoms with Crippen molar-refractivity contribution in [2.75, 3.05) is 7.05 Å². The van der Waals surface area contributed by atoms with Crippen molar-refractivity contribution in [2.24, 2.45) is 5.41 Å². The van der Waals surface area contributed by atoms with Gasteiger partial charge in [-0.2, -0.15) is 5.10 Å². The first kappa shape index (κ1) is 12.9. The molecule has 90 valence electrons. The molecule has 1 rings (SSSR count). The van der Waals surface area contributed by atoms with E-state index in [-0.39, 0.29) is 5.91 Å². The molecule has 0 saturated heterocycles. The maximum Gasteiger partial charge on any atom is 0.227 e. The van der Waals surface area contributed by atoms with Crippen molar-refractivity contribution in [1.82, 2.24) is 20.1 Å². The molecular formula is C10H18N4OS. The molecule has 16 heavy (non-hydrogen) atoms. The lowest BCUT2D eigenvalue weighted by Gasteiger charge is -2.23. The van der Waals surface area contributed by atoms with Gasteiger partial charge in [0.15, 0.2) is 4.77 Å². The average Bonchev–Trinajstić information content (AvgIpc) is 2.58. The van der Waals surface area contributed by atoms with Crippen LogP contribution in [-0.4, -0.2) is 27.7 Å². The smallest absolute Gasteiger partial charge is 0.227 e. The van der Waals surface area contributed by atoms with E-state index in [2.05, 4.69) is 15.5 Å². The fourth-order valence-corrected chi connectivity index (χ4v) is 1.80. The molecule has 2 N–H and O–H groups in total. The van der Waals surface area contributed by atoms with Crippen LogP contribution in [-0.2, 0) is 17.8 Å². The van der Waals surface area contributed by atoms with E-state index in [0.717, 1.165) is 12.2 Å². The summed E-state index contributed by atoms with van der Waals surface area (Å²) in [5.74, 6) is 0.875. The Morgan fingerprint density at radius 3 is 2.75 bits per heavy atom. The van der Waals surface area contributed by atoms with Crippen LogP contribution >= 0.6 is 12.2 Å². The summed E-state index contributed by atoms with van der Waals surface area (Å²) in [6.45, 7) is 6.32. The number of hydrogen-bond donors (Lipinski definition) is 2. The predicted octanol–water partition coefficient (Wildman–Crippen LogP) is 1.28. The first-order valence-corrected chi connectivity index (χ1v) is 5.69. The molecule has 5 nitrogen and oxygen atoms in total. The monoisotopic (exact) mass is 242 g/mol. The van der Waals surface area contributed by atoms with Gasteiger partial charge in [-0.15, -0.1) is 0 Å². The number of nitrogens with zero attached hydrogens (tertiary/aromatic N) is 2. The van der Waals surface area contributed by atoms with Crippen molar-refractivity contribution >= 4 is 18.1 Å². The summed E-state index contributed by atoms with van der Waals surface area (Å²) < 4.78 is 2.44. The minimum absolute atomic E-state index is 0.00217. The molecule has 0 spiro atoms. The zero-order valence-electron chi connectivity index (χ0n) is 10.1. The molecule has 0 bridgehead atoms. The van der Waals surface area contributed by atoms with E-state index in [9.17, 15) is 4.79 Å². The van der Waals surface area contributed by atoms with Crippen LogP contribution in [0.4, 0.5) is 0 Å². The maximum atomic E-state index is 11.7. The average molecular weight is 242 g/mol. The summed E-state index contributed by atoms with van der Waals surface area (Å²) in [4.78, 5) is 11.7. The standard InChI is InChI=1S/C10H18N4OS/c1-5-7-12-13-9(16)14(7)6-10(2,3)8(15)11-4/h5-6H2,1-4H3,(H,11,15)(H,13,16). The van der Waals surface area contributed by atoms with Crippen molar-refractivity contribution in [1.29, 1.82) is 0 Å². The Labute approximate surface area is 100 Å². The number of carbonyl (C=O) groups excluding carboxylic acids is 1. The number of nitrogens with one attached hydrogen (secondary N) is 2. The van der Waals surface area contributed by atoms with Crippen LogP contribution in [0.25, 0.3) is 0 Å². The number of aryl methyl sites for hydroxylation is 1. The Hall–Kier alpha value is -1.17. The Morgan fingerprint density at radius 2 is 2.25 bits per heavy atom. The summed E-state index contributed by atoms with van der Waals surface area (Å²) in [7, 11) is 1.64. The molecule has 1 aromatic rings. The Morgan fingerprint density at radius 1 is 1.62 bits per heavy atom. The molecule has 0 aliphatic heterocycles. The van der Waals surface area contributed by atoms with Crippen LogP contribution < -0.4 is 5.32 Å². The second-order valence-electron chi connectivity index (χ2n) is 4.35. The van der Waals surface area contributed by atoms with Crippen LogP contribution in [0, 0.1) is 10.2 Å². The van der Waals surface area contributed by atoms with E-state index in [1.807, 2.05) is 25.3 Å². The molecule has 0 aromatic carbocycles. The first-order valence-electron chi connectivity index (χ1n) is 5.28. The number of aromatic amines is 1. The number of hydrogen-bond acceptors (Lipinski definition) is 3. The molecule has 0 fully saturated rings. The molecule has 0 aliphatic carbocycles. The molecule has 0 saturated carbocycles. The number of rotatable bonds is 4. The zero-order chi connectivity index (χ0) is 12.3. The van der Waals surface area contributed by atoms with E-state index >= 15 is 0 Å². The molecule has 1 amide bonds. The number of amides is 1. The highest BCUT2D eigenvalue weighted by Crippen LogP contribution is 2.19.